The van der Waals surface area contributed by atoms with Crippen molar-refractivity contribution in [2.24, 2.45) is 0 Å². The monoisotopic (exact) mass is 306 g/mol. The van der Waals surface area contributed by atoms with E-state index < -0.39 is 5.41 Å². The fourth-order valence-electron chi connectivity index (χ4n) is 2.25. The van der Waals surface area contributed by atoms with Crippen LogP contribution >= 0.6 is 11.6 Å². The summed E-state index contributed by atoms with van der Waals surface area (Å²) >= 11 is 5.95. The van der Waals surface area contributed by atoms with Crippen molar-refractivity contribution >= 4 is 17.6 Å². The maximum absolute atomic E-state index is 12.0. The van der Waals surface area contributed by atoms with Gasteiger partial charge in [0.15, 0.2) is 5.82 Å². The Bertz CT molecular complexity index is 664. The number of hydrogen-bond donors (Lipinski definition) is 0. The number of ether oxygens (including phenoxy) is 1. The van der Waals surface area contributed by atoms with Crippen LogP contribution in [0, 0.1) is 0 Å². The van der Waals surface area contributed by atoms with Gasteiger partial charge < -0.3 is 9.26 Å². The molecule has 0 saturated heterocycles. The summed E-state index contributed by atoms with van der Waals surface area (Å²) in [5, 5.41) is 4.62. The highest BCUT2D eigenvalue weighted by Crippen LogP contribution is 2.48. The topological polar surface area (TPSA) is 65.2 Å². The van der Waals surface area contributed by atoms with Gasteiger partial charge in [-0.3, -0.25) is 4.79 Å². The Morgan fingerprint density at radius 3 is 2.95 bits per heavy atom. The molecule has 0 N–H and O–H groups in total. The number of carbonyl (C=O) groups is 1. The first-order valence-corrected chi connectivity index (χ1v) is 7.26. The molecule has 6 heteroatoms. The number of benzene rings is 1. The van der Waals surface area contributed by atoms with E-state index in [1.54, 1.807) is 6.92 Å². The van der Waals surface area contributed by atoms with Crippen LogP contribution in [0.3, 0.4) is 0 Å². The molecular weight excluding hydrogens is 292 g/mol. The summed E-state index contributed by atoms with van der Waals surface area (Å²) in [6.07, 6.45) is 1.91. The molecule has 0 unspecified atom stereocenters. The first-order chi connectivity index (χ1) is 10.1. The lowest BCUT2D eigenvalue weighted by Gasteiger charge is -2.08. The van der Waals surface area contributed by atoms with Crippen molar-refractivity contribution in [3.8, 4) is 0 Å². The Balaban J connectivity index is 1.76. The van der Waals surface area contributed by atoms with Gasteiger partial charge in [-0.1, -0.05) is 28.9 Å². The van der Waals surface area contributed by atoms with Gasteiger partial charge in [-0.25, -0.2) is 0 Å². The highest BCUT2D eigenvalue weighted by atomic mass is 35.5. The standard InChI is InChI=1S/C15H15ClN2O3/c1-2-20-14(19)15(6-7-15)13-17-12(18-21-13)9-10-4-3-5-11(16)8-10/h3-5,8H,2,6-7,9H2,1H3. The van der Waals surface area contributed by atoms with Gasteiger partial charge in [-0.05, 0) is 37.5 Å². The molecule has 0 spiro atoms. The Morgan fingerprint density at radius 1 is 1.48 bits per heavy atom. The first-order valence-electron chi connectivity index (χ1n) is 6.89. The Kier molecular flexibility index (Phi) is 3.68. The molecular formula is C15H15ClN2O3. The van der Waals surface area contributed by atoms with E-state index in [2.05, 4.69) is 10.1 Å². The molecule has 110 valence electrons. The van der Waals surface area contributed by atoms with E-state index in [1.807, 2.05) is 24.3 Å². The number of esters is 1. The van der Waals surface area contributed by atoms with Crippen molar-refractivity contribution < 1.29 is 14.1 Å². The van der Waals surface area contributed by atoms with Crippen LogP contribution in [0.1, 0.15) is 37.0 Å². The van der Waals surface area contributed by atoms with Crippen molar-refractivity contribution in [3.63, 3.8) is 0 Å². The van der Waals surface area contributed by atoms with Crippen molar-refractivity contribution in [1.82, 2.24) is 10.1 Å². The molecule has 1 aromatic heterocycles. The molecule has 0 amide bonds. The highest BCUT2D eigenvalue weighted by Gasteiger charge is 2.57. The van der Waals surface area contributed by atoms with E-state index in [0.717, 1.165) is 5.56 Å². The molecule has 1 fully saturated rings. The van der Waals surface area contributed by atoms with Gasteiger partial charge in [-0.2, -0.15) is 4.98 Å². The number of aromatic nitrogens is 2. The number of halogens is 1. The average molecular weight is 307 g/mol. The van der Waals surface area contributed by atoms with Crippen molar-refractivity contribution in [2.45, 2.75) is 31.6 Å². The molecule has 2 aromatic rings. The van der Waals surface area contributed by atoms with Crippen LogP contribution in [0.15, 0.2) is 28.8 Å². The van der Waals surface area contributed by atoms with Crippen molar-refractivity contribution in [1.29, 1.82) is 0 Å². The van der Waals surface area contributed by atoms with E-state index >= 15 is 0 Å². The summed E-state index contributed by atoms with van der Waals surface area (Å²) in [6, 6.07) is 7.49. The molecule has 0 aliphatic heterocycles. The lowest BCUT2D eigenvalue weighted by atomic mass is 10.1. The van der Waals surface area contributed by atoms with Gasteiger partial charge in [0.2, 0.25) is 5.89 Å². The molecule has 5 nitrogen and oxygen atoms in total. The molecule has 0 bridgehead atoms. The van der Waals surface area contributed by atoms with E-state index in [0.29, 0.717) is 42.6 Å². The predicted octanol–water partition coefficient (Wildman–Crippen LogP) is 2.91. The van der Waals surface area contributed by atoms with Crippen molar-refractivity contribution in [3.05, 3.63) is 46.6 Å². The lowest BCUT2D eigenvalue weighted by Crippen LogP contribution is -2.23. The van der Waals surface area contributed by atoms with Crippen LogP contribution in [-0.4, -0.2) is 22.7 Å². The Morgan fingerprint density at radius 2 is 2.29 bits per heavy atom. The van der Waals surface area contributed by atoms with Crippen LogP contribution < -0.4 is 0 Å². The summed E-state index contributed by atoms with van der Waals surface area (Å²) in [5.41, 5.74) is 0.283. The van der Waals surface area contributed by atoms with Gasteiger partial charge in [0.1, 0.15) is 5.41 Å². The zero-order valence-electron chi connectivity index (χ0n) is 11.6. The molecule has 1 aliphatic rings. The van der Waals surface area contributed by atoms with Crippen LogP contribution in [0.4, 0.5) is 0 Å². The number of carbonyl (C=O) groups excluding carboxylic acids is 1. The summed E-state index contributed by atoms with van der Waals surface area (Å²) in [4.78, 5) is 16.3. The Labute approximate surface area is 127 Å². The van der Waals surface area contributed by atoms with Gasteiger partial charge in [0, 0.05) is 11.4 Å². The maximum atomic E-state index is 12.0. The second kappa shape index (κ2) is 5.48. The van der Waals surface area contributed by atoms with Gasteiger partial charge in [0.05, 0.1) is 6.61 Å². The minimum atomic E-state index is -0.713. The molecule has 0 radical (unpaired) electrons. The second-order valence-corrected chi connectivity index (χ2v) is 5.56. The predicted molar refractivity (Wildman–Crippen MR) is 76.1 cm³/mol. The van der Waals surface area contributed by atoms with Crippen LogP contribution in [0.5, 0.6) is 0 Å². The largest absolute Gasteiger partial charge is 0.465 e. The zero-order chi connectivity index (χ0) is 14.9. The quantitative estimate of drug-likeness (QED) is 0.795. The molecule has 1 saturated carbocycles. The second-order valence-electron chi connectivity index (χ2n) is 5.13. The fourth-order valence-corrected chi connectivity index (χ4v) is 2.46. The van der Waals surface area contributed by atoms with Gasteiger partial charge >= 0.3 is 5.97 Å². The number of hydrogen-bond acceptors (Lipinski definition) is 5. The maximum Gasteiger partial charge on any atom is 0.321 e. The minimum absolute atomic E-state index is 0.275. The lowest BCUT2D eigenvalue weighted by molar-refractivity contribution is -0.146. The van der Waals surface area contributed by atoms with Crippen molar-refractivity contribution in [2.75, 3.05) is 6.61 Å². The van der Waals surface area contributed by atoms with Crippen LogP contribution in [0.2, 0.25) is 5.02 Å². The number of rotatable bonds is 5. The highest BCUT2D eigenvalue weighted by molar-refractivity contribution is 6.30. The van der Waals surface area contributed by atoms with E-state index in [1.165, 1.54) is 0 Å². The molecule has 21 heavy (non-hydrogen) atoms. The summed E-state index contributed by atoms with van der Waals surface area (Å²) in [5.74, 6) is 0.628. The van der Waals surface area contributed by atoms with Gasteiger partial charge in [-0.15, -0.1) is 0 Å². The summed E-state index contributed by atoms with van der Waals surface area (Å²) < 4.78 is 10.3. The number of nitrogens with zero attached hydrogens (tertiary/aromatic N) is 2. The smallest absolute Gasteiger partial charge is 0.321 e. The average Bonchev–Trinajstić information content (AvgIpc) is 3.14. The van der Waals surface area contributed by atoms with E-state index in [-0.39, 0.29) is 5.97 Å². The SMILES string of the molecule is CCOC(=O)C1(c2nc(Cc3cccc(Cl)c3)no2)CC1. The Hall–Kier alpha value is -1.88. The molecule has 1 aromatic carbocycles. The summed E-state index contributed by atoms with van der Waals surface area (Å²) in [7, 11) is 0. The minimum Gasteiger partial charge on any atom is -0.465 e. The van der Waals surface area contributed by atoms with Gasteiger partial charge in [0.25, 0.3) is 0 Å². The van der Waals surface area contributed by atoms with E-state index in [9.17, 15) is 4.79 Å². The molecule has 1 aliphatic carbocycles. The van der Waals surface area contributed by atoms with E-state index in [4.69, 9.17) is 20.9 Å². The summed E-state index contributed by atoms with van der Waals surface area (Å²) in [6.45, 7) is 2.14. The third-order valence-electron chi connectivity index (χ3n) is 3.54. The molecule has 0 atom stereocenters. The van der Waals surface area contributed by atoms with Crippen LogP contribution in [-0.2, 0) is 21.4 Å². The fraction of sp³-hybridized carbons (Fsp3) is 0.400. The third-order valence-corrected chi connectivity index (χ3v) is 3.78. The van der Waals surface area contributed by atoms with Crippen LogP contribution in [0.25, 0.3) is 0 Å². The first kappa shape index (κ1) is 14.1. The molecule has 3 rings (SSSR count). The normalized spacial score (nSPS) is 15.7. The third kappa shape index (κ3) is 2.78. The zero-order valence-corrected chi connectivity index (χ0v) is 12.4. The molecule has 1 heterocycles.